The SMILES string of the molecule is CCOc1cccc(CNC(=NC)NCc2ccc(-n3cccn3)cc2)c1OC(F)F.I. The number of rotatable bonds is 9. The minimum absolute atomic E-state index is 0. The van der Waals surface area contributed by atoms with E-state index in [-0.39, 0.29) is 42.0 Å². The van der Waals surface area contributed by atoms with E-state index < -0.39 is 6.61 Å². The lowest BCUT2D eigenvalue weighted by atomic mass is 10.2. The van der Waals surface area contributed by atoms with Crippen LogP contribution in [0.3, 0.4) is 0 Å². The Morgan fingerprint density at radius 2 is 1.84 bits per heavy atom. The van der Waals surface area contributed by atoms with Crippen molar-refractivity contribution in [3.63, 3.8) is 0 Å². The lowest BCUT2D eigenvalue weighted by molar-refractivity contribution is -0.0520. The van der Waals surface area contributed by atoms with Crippen LogP contribution in [0.15, 0.2) is 65.9 Å². The fourth-order valence-electron chi connectivity index (χ4n) is 2.97. The number of hydrogen-bond donors (Lipinski definition) is 2. The molecule has 0 aliphatic rings. The summed E-state index contributed by atoms with van der Waals surface area (Å²) in [6.07, 6.45) is 3.61. The molecule has 0 amide bonds. The van der Waals surface area contributed by atoms with Gasteiger partial charge in [-0.05, 0) is 36.8 Å². The first-order valence-electron chi connectivity index (χ1n) is 9.83. The van der Waals surface area contributed by atoms with Crippen LogP contribution in [0.25, 0.3) is 5.69 Å². The molecule has 0 saturated carbocycles. The topological polar surface area (TPSA) is 72.7 Å². The molecule has 0 bridgehead atoms. The number of halogens is 3. The first-order chi connectivity index (χ1) is 15.1. The number of alkyl halides is 2. The van der Waals surface area contributed by atoms with E-state index in [1.165, 1.54) is 0 Å². The van der Waals surface area contributed by atoms with Gasteiger partial charge in [0.15, 0.2) is 17.5 Å². The third-order valence-electron chi connectivity index (χ3n) is 4.40. The van der Waals surface area contributed by atoms with E-state index in [9.17, 15) is 8.78 Å². The van der Waals surface area contributed by atoms with Gasteiger partial charge in [-0.25, -0.2) is 4.68 Å². The molecular formula is C22H26F2IN5O2. The van der Waals surface area contributed by atoms with Crippen LogP contribution < -0.4 is 20.1 Å². The van der Waals surface area contributed by atoms with Gasteiger partial charge in [0.05, 0.1) is 12.3 Å². The molecule has 2 N–H and O–H groups in total. The third kappa shape index (κ3) is 7.08. The molecule has 0 saturated heterocycles. The molecule has 0 spiro atoms. The predicted octanol–water partition coefficient (Wildman–Crippen LogP) is 4.36. The Labute approximate surface area is 202 Å². The van der Waals surface area contributed by atoms with Crippen molar-refractivity contribution in [2.75, 3.05) is 13.7 Å². The van der Waals surface area contributed by atoms with Gasteiger partial charge in [0.1, 0.15) is 0 Å². The second kappa shape index (κ2) is 12.8. The minimum atomic E-state index is -2.94. The molecule has 3 rings (SSSR count). The third-order valence-corrected chi connectivity index (χ3v) is 4.40. The lowest BCUT2D eigenvalue weighted by Gasteiger charge is -2.17. The van der Waals surface area contributed by atoms with Crippen LogP contribution in [-0.2, 0) is 13.1 Å². The normalized spacial score (nSPS) is 11.1. The van der Waals surface area contributed by atoms with Gasteiger partial charge in [0.2, 0.25) is 0 Å². The number of nitrogens with one attached hydrogen (secondary N) is 2. The van der Waals surface area contributed by atoms with Crippen LogP contribution in [-0.4, -0.2) is 36.0 Å². The van der Waals surface area contributed by atoms with E-state index in [4.69, 9.17) is 9.47 Å². The number of benzene rings is 2. The molecule has 1 heterocycles. The van der Waals surface area contributed by atoms with Crippen molar-refractivity contribution in [3.8, 4) is 17.2 Å². The maximum atomic E-state index is 12.9. The highest BCUT2D eigenvalue weighted by Gasteiger charge is 2.16. The Balaban J connectivity index is 0.00000363. The highest BCUT2D eigenvalue weighted by Crippen LogP contribution is 2.32. The van der Waals surface area contributed by atoms with Crippen molar-refractivity contribution in [1.29, 1.82) is 0 Å². The van der Waals surface area contributed by atoms with Gasteiger partial charge < -0.3 is 20.1 Å². The van der Waals surface area contributed by atoms with Gasteiger partial charge in [0.25, 0.3) is 0 Å². The summed E-state index contributed by atoms with van der Waals surface area (Å²) in [4.78, 5) is 4.19. The highest BCUT2D eigenvalue weighted by molar-refractivity contribution is 14.0. The quantitative estimate of drug-likeness (QED) is 0.233. The van der Waals surface area contributed by atoms with Crippen LogP contribution in [0.4, 0.5) is 8.78 Å². The highest BCUT2D eigenvalue weighted by atomic mass is 127. The molecule has 0 aliphatic carbocycles. The first-order valence-corrected chi connectivity index (χ1v) is 9.83. The average Bonchev–Trinajstić information content (AvgIpc) is 3.31. The summed E-state index contributed by atoms with van der Waals surface area (Å²) in [6, 6.07) is 14.9. The van der Waals surface area contributed by atoms with Crippen LogP contribution in [0.2, 0.25) is 0 Å². The second-order valence-electron chi connectivity index (χ2n) is 6.45. The monoisotopic (exact) mass is 557 g/mol. The zero-order valence-corrected chi connectivity index (χ0v) is 20.1. The number of ether oxygens (including phenoxy) is 2. The van der Waals surface area contributed by atoms with E-state index in [1.807, 2.05) is 36.5 Å². The van der Waals surface area contributed by atoms with Gasteiger partial charge in [-0.3, -0.25) is 4.99 Å². The molecule has 3 aromatic rings. The fraction of sp³-hybridized carbons (Fsp3) is 0.273. The van der Waals surface area contributed by atoms with Crippen molar-refractivity contribution in [1.82, 2.24) is 20.4 Å². The Kier molecular flexibility index (Phi) is 10.2. The zero-order valence-electron chi connectivity index (χ0n) is 17.8. The van der Waals surface area contributed by atoms with Crippen molar-refractivity contribution in [3.05, 3.63) is 72.1 Å². The summed E-state index contributed by atoms with van der Waals surface area (Å²) >= 11 is 0. The van der Waals surface area contributed by atoms with Crippen LogP contribution in [0.1, 0.15) is 18.1 Å². The van der Waals surface area contributed by atoms with E-state index in [2.05, 4.69) is 20.7 Å². The van der Waals surface area contributed by atoms with E-state index >= 15 is 0 Å². The van der Waals surface area contributed by atoms with Crippen molar-refractivity contribution in [2.24, 2.45) is 4.99 Å². The summed E-state index contributed by atoms with van der Waals surface area (Å²) in [7, 11) is 1.64. The van der Waals surface area contributed by atoms with Gasteiger partial charge in [0, 0.05) is 38.1 Å². The molecule has 0 fully saturated rings. The molecular weight excluding hydrogens is 531 g/mol. The van der Waals surface area contributed by atoms with Gasteiger partial charge >= 0.3 is 6.61 Å². The van der Waals surface area contributed by atoms with E-state index in [0.29, 0.717) is 24.7 Å². The number of hydrogen-bond acceptors (Lipinski definition) is 4. The molecule has 0 aliphatic heterocycles. The van der Waals surface area contributed by atoms with Crippen molar-refractivity contribution in [2.45, 2.75) is 26.6 Å². The summed E-state index contributed by atoms with van der Waals surface area (Å²) < 4.78 is 37.6. The molecule has 1 aromatic heterocycles. The standard InChI is InChI=1S/C22H25F2N5O2.HI/c1-3-30-19-7-4-6-17(20(19)31-21(23)24)15-27-22(25-2)26-14-16-8-10-18(11-9-16)29-13-5-12-28-29;/h4-13,21H,3,14-15H2,1-2H3,(H2,25,26,27);1H. The number of nitrogens with zero attached hydrogens (tertiary/aromatic N) is 3. The molecule has 0 atom stereocenters. The molecule has 32 heavy (non-hydrogen) atoms. The molecule has 2 aromatic carbocycles. The van der Waals surface area contributed by atoms with Crippen LogP contribution in [0, 0.1) is 0 Å². The van der Waals surface area contributed by atoms with Crippen molar-refractivity contribution >= 4 is 29.9 Å². The Hall–Kier alpha value is -2.89. The fourth-order valence-corrected chi connectivity index (χ4v) is 2.97. The second-order valence-corrected chi connectivity index (χ2v) is 6.45. The minimum Gasteiger partial charge on any atom is -0.490 e. The Bertz CT molecular complexity index is 982. The lowest BCUT2D eigenvalue weighted by Crippen LogP contribution is -2.36. The maximum Gasteiger partial charge on any atom is 0.387 e. The van der Waals surface area contributed by atoms with Gasteiger partial charge in [-0.1, -0.05) is 24.3 Å². The number of aromatic nitrogens is 2. The van der Waals surface area contributed by atoms with E-state index in [0.717, 1.165) is 11.3 Å². The van der Waals surface area contributed by atoms with E-state index in [1.54, 1.807) is 43.0 Å². The summed E-state index contributed by atoms with van der Waals surface area (Å²) in [5, 5.41) is 10.5. The van der Waals surface area contributed by atoms with Gasteiger partial charge in [-0.15, -0.1) is 24.0 Å². The maximum absolute atomic E-state index is 12.9. The van der Waals surface area contributed by atoms with Gasteiger partial charge in [-0.2, -0.15) is 13.9 Å². The first kappa shape index (κ1) is 25.4. The molecule has 0 radical (unpaired) electrons. The van der Waals surface area contributed by atoms with Crippen molar-refractivity contribution < 1.29 is 18.3 Å². The molecule has 10 heteroatoms. The number of guanidine groups is 1. The Morgan fingerprint density at radius 1 is 1.09 bits per heavy atom. The zero-order chi connectivity index (χ0) is 22.1. The molecule has 172 valence electrons. The number of para-hydroxylation sites is 1. The average molecular weight is 557 g/mol. The summed E-state index contributed by atoms with van der Waals surface area (Å²) in [5.74, 6) is 0.833. The largest absolute Gasteiger partial charge is 0.490 e. The predicted molar refractivity (Wildman–Crippen MR) is 130 cm³/mol. The summed E-state index contributed by atoms with van der Waals surface area (Å²) in [6.45, 7) is -0.0367. The molecule has 7 nitrogen and oxygen atoms in total. The Morgan fingerprint density at radius 3 is 2.47 bits per heavy atom. The van der Waals surface area contributed by atoms with Crippen LogP contribution >= 0.6 is 24.0 Å². The molecule has 0 unspecified atom stereocenters. The number of aliphatic imine (C=N–C) groups is 1. The van der Waals surface area contributed by atoms with Crippen LogP contribution in [0.5, 0.6) is 11.5 Å². The smallest absolute Gasteiger partial charge is 0.387 e. The summed E-state index contributed by atoms with van der Waals surface area (Å²) in [5.41, 5.74) is 2.56.